The molecule has 0 aliphatic heterocycles. The zero-order valence-electron chi connectivity index (χ0n) is 29.5. The van der Waals surface area contributed by atoms with Gasteiger partial charge in [-0.25, -0.2) is 4.57 Å². The lowest BCUT2D eigenvalue weighted by molar-refractivity contribution is -0.123. The van der Waals surface area contributed by atoms with E-state index in [2.05, 4.69) is 23.7 Å². The van der Waals surface area contributed by atoms with Crippen molar-refractivity contribution in [3.05, 3.63) is 12.2 Å². The molecule has 0 aliphatic carbocycles. The molecule has 0 radical (unpaired) electrons. The van der Waals surface area contributed by atoms with E-state index in [1.54, 1.807) is 6.08 Å². The maximum Gasteiger partial charge on any atom is 0.469 e. The first-order valence-electron chi connectivity index (χ1n) is 19.1. The molecule has 0 spiro atoms. The number of allylic oxidation sites excluding steroid dienone is 1. The van der Waals surface area contributed by atoms with Gasteiger partial charge >= 0.3 is 7.82 Å². The molecular formula is C37H74NO6P. The Kier molecular flexibility index (Phi) is 32.7. The van der Waals surface area contributed by atoms with Crippen molar-refractivity contribution in [2.24, 2.45) is 0 Å². The van der Waals surface area contributed by atoms with Crippen LogP contribution >= 0.6 is 7.82 Å². The number of phosphoric acid groups is 1. The average Bonchev–Trinajstić information content (AvgIpc) is 3.00. The summed E-state index contributed by atoms with van der Waals surface area (Å²) in [5.74, 6) is -0.225. The minimum Gasteiger partial charge on any atom is -0.387 e. The van der Waals surface area contributed by atoms with Gasteiger partial charge in [0.15, 0.2) is 0 Å². The van der Waals surface area contributed by atoms with Crippen LogP contribution in [0.2, 0.25) is 0 Å². The van der Waals surface area contributed by atoms with Gasteiger partial charge in [0.25, 0.3) is 0 Å². The number of hydrogen-bond donors (Lipinski definition) is 4. The summed E-state index contributed by atoms with van der Waals surface area (Å²) in [5, 5.41) is 13.3. The molecule has 0 heterocycles. The van der Waals surface area contributed by atoms with Gasteiger partial charge < -0.3 is 20.2 Å². The van der Waals surface area contributed by atoms with E-state index in [1.807, 2.05) is 6.08 Å². The summed E-state index contributed by atoms with van der Waals surface area (Å²) in [6, 6.07) is -0.903. The summed E-state index contributed by atoms with van der Waals surface area (Å²) in [7, 11) is -4.70. The first-order valence-corrected chi connectivity index (χ1v) is 20.7. The molecule has 0 bridgehead atoms. The third-order valence-corrected chi connectivity index (χ3v) is 9.23. The SMILES string of the molecule is CCCCCCCCCCC/C=C/[C@@H](O)[C@H](COP(=O)(O)O)NC(=O)CCCCCCCCCCCCCCCCCCCC. The highest BCUT2D eigenvalue weighted by Crippen LogP contribution is 2.35. The van der Waals surface area contributed by atoms with Crippen LogP contribution in [0, 0.1) is 0 Å². The number of aliphatic hydroxyl groups is 1. The maximum atomic E-state index is 12.5. The molecule has 8 heteroatoms. The molecule has 7 nitrogen and oxygen atoms in total. The third-order valence-electron chi connectivity index (χ3n) is 8.75. The lowest BCUT2D eigenvalue weighted by Gasteiger charge is -2.22. The summed E-state index contributed by atoms with van der Waals surface area (Å²) in [6.07, 6.45) is 38.0. The Morgan fingerprint density at radius 1 is 0.622 bits per heavy atom. The number of aliphatic hydroxyl groups excluding tert-OH is 1. The number of carbonyl (C=O) groups is 1. The van der Waals surface area contributed by atoms with Gasteiger partial charge in [-0.2, -0.15) is 0 Å². The van der Waals surface area contributed by atoms with Crippen molar-refractivity contribution in [1.82, 2.24) is 5.32 Å². The highest BCUT2D eigenvalue weighted by molar-refractivity contribution is 7.46. The predicted octanol–water partition coefficient (Wildman–Crippen LogP) is 10.9. The molecule has 0 saturated heterocycles. The summed E-state index contributed by atoms with van der Waals surface area (Å²) >= 11 is 0. The van der Waals surface area contributed by atoms with E-state index in [4.69, 9.17) is 9.79 Å². The van der Waals surface area contributed by atoms with Crippen LogP contribution in [0.1, 0.15) is 200 Å². The minimum atomic E-state index is -4.70. The second-order valence-electron chi connectivity index (χ2n) is 13.3. The highest BCUT2D eigenvalue weighted by atomic mass is 31.2. The molecule has 268 valence electrons. The second kappa shape index (κ2) is 33.2. The fourth-order valence-electron chi connectivity index (χ4n) is 5.81. The summed E-state index contributed by atoms with van der Waals surface area (Å²) in [5.41, 5.74) is 0. The van der Waals surface area contributed by atoms with Crippen LogP contribution in [-0.2, 0) is 13.9 Å². The van der Waals surface area contributed by atoms with Gasteiger partial charge in [0, 0.05) is 6.42 Å². The number of nitrogens with one attached hydrogen (secondary N) is 1. The van der Waals surface area contributed by atoms with Gasteiger partial charge in [-0.3, -0.25) is 9.32 Å². The summed E-state index contributed by atoms with van der Waals surface area (Å²) < 4.78 is 15.8. The van der Waals surface area contributed by atoms with Crippen LogP contribution in [0.4, 0.5) is 0 Å². The van der Waals surface area contributed by atoms with Crippen molar-refractivity contribution in [3.63, 3.8) is 0 Å². The second-order valence-corrected chi connectivity index (χ2v) is 14.5. The standard InChI is InChI=1S/C37H74NO6P/c1-3-5-7-9-11-13-15-16-17-18-19-20-21-23-25-27-29-31-33-37(40)38-35(34-44-45(41,42)43)36(39)32-30-28-26-24-22-14-12-10-8-6-4-2/h30,32,35-36,39H,3-29,31,33-34H2,1-2H3,(H,38,40)(H2,41,42,43)/b32-30+/t35-,36+/m0/s1. The largest absolute Gasteiger partial charge is 0.469 e. The molecule has 0 fully saturated rings. The third kappa shape index (κ3) is 34.4. The Hall–Kier alpha value is -0.720. The summed E-state index contributed by atoms with van der Waals surface area (Å²) in [4.78, 5) is 30.7. The number of carbonyl (C=O) groups excluding carboxylic acids is 1. The Labute approximate surface area is 278 Å². The number of hydrogen-bond acceptors (Lipinski definition) is 4. The first kappa shape index (κ1) is 44.3. The van der Waals surface area contributed by atoms with E-state index >= 15 is 0 Å². The molecule has 2 atom stereocenters. The molecule has 0 aromatic rings. The van der Waals surface area contributed by atoms with Crippen LogP contribution in [0.5, 0.6) is 0 Å². The van der Waals surface area contributed by atoms with Gasteiger partial charge in [0.2, 0.25) is 5.91 Å². The zero-order valence-corrected chi connectivity index (χ0v) is 30.4. The quantitative estimate of drug-likeness (QED) is 0.0306. The van der Waals surface area contributed by atoms with E-state index < -0.39 is 26.6 Å². The number of amides is 1. The molecule has 0 saturated carbocycles. The van der Waals surface area contributed by atoms with Gasteiger partial charge in [-0.15, -0.1) is 0 Å². The molecule has 0 aromatic heterocycles. The molecule has 0 aliphatic rings. The predicted molar refractivity (Wildman–Crippen MR) is 190 cm³/mol. The van der Waals surface area contributed by atoms with Gasteiger partial charge in [0.05, 0.1) is 18.8 Å². The normalized spacial score (nSPS) is 13.4. The molecule has 4 N–H and O–H groups in total. The van der Waals surface area contributed by atoms with E-state index in [1.165, 1.54) is 141 Å². The Morgan fingerprint density at radius 2 is 0.978 bits per heavy atom. The van der Waals surface area contributed by atoms with Crippen LogP contribution in [-0.4, -0.2) is 39.6 Å². The molecule has 45 heavy (non-hydrogen) atoms. The number of rotatable bonds is 35. The van der Waals surface area contributed by atoms with Gasteiger partial charge in [-0.1, -0.05) is 187 Å². The van der Waals surface area contributed by atoms with Crippen LogP contribution in [0.15, 0.2) is 12.2 Å². The fraction of sp³-hybridized carbons (Fsp3) is 0.919. The topological polar surface area (TPSA) is 116 Å². The van der Waals surface area contributed by atoms with Crippen molar-refractivity contribution < 1.29 is 28.8 Å². The van der Waals surface area contributed by atoms with Crippen molar-refractivity contribution in [2.75, 3.05) is 6.61 Å². The number of unbranched alkanes of at least 4 members (excludes halogenated alkanes) is 26. The fourth-order valence-corrected chi connectivity index (χ4v) is 6.17. The smallest absolute Gasteiger partial charge is 0.387 e. The minimum absolute atomic E-state index is 0.225. The Morgan fingerprint density at radius 3 is 1.36 bits per heavy atom. The van der Waals surface area contributed by atoms with Crippen molar-refractivity contribution in [2.45, 2.75) is 212 Å². The number of phosphoric ester groups is 1. The monoisotopic (exact) mass is 660 g/mol. The molecular weight excluding hydrogens is 585 g/mol. The first-order chi connectivity index (χ1) is 21.8. The Balaban J connectivity index is 3.94. The van der Waals surface area contributed by atoms with E-state index in [0.29, 0.717) is 6.42 Å². The van der Waals surface area contributed by atoms with E-state index in [-0.39, 0.29) is 5.91 Å². The zero-order chi connectivity index (χ0) is 33.3. The van der Waals surface area contributed by atoms with Crippen molar-refractivity contribution in [3.8, 4) is 0 Å². The lowest BCUT2D eigenvalue weighted by Crippen LogP contribution is -2.45. The van der Waals surface area contributed by atoms with Crippen molar-refractivity contribution >= 4 is 13.7 Å². The van der Waals surface area contributed by atoms with Crippen molar-refractivity contribution in [1.29, 1.82) is 0 Å². The summed E-state index contributed by atoms with van der Waals surface area (Å²) in [6.45, 7) is 4.06. The van der Waals surface area contributed by atoms with Crippen LogP contribution in [0.25, 0.3) is 0 Å². The molecule has 0 aromatic carbocycles. The van der Waals surface area contributed by atoms with Gasteiger partial charge in [0.1, 0.15) is 0 Å². The molecule has 0 rings (SSSR count). The Bertz CT molecular complexity index is 713. The lowest BCUT2D eigenvalue weighted by atomic mass is 10.0. The van der Waals surface area contributed by atoms with Crippen LogP contribution in [0.3, 0.4) is 0 Å². The van der Waals surface area contributed by atoms with Gasteiger partial charge in [-0.05, 0) is 19.3 Å². The van der Waals surface area contributed by atoms with E-state index in [0.717, 1.165) is 38.5 Å². The van der Waals surface area contributed by atoms with E-state index in [9.17, 15) is 14.5 Å². The van der Waals surface area contributed by atoms with Crippen LogP contribution < -0.4 is 5.32 Å². The maximum absolute atomic E-state index is 12.5. The molecule has 0 unspecified atom stereocenters. The highest BCUT2D eigenvalue weighted by Gasteiger charge is 2.24. The molecule has 1 amide bonds. The average molecular weight is 660 g/mol.